The highest BCUT2D eigenvalue weighted by Gasteiger charge is 2.24. The summed E-state index contributed by atoms with van der Waals surface area (Å²) in [5.74, 6) is -0.326. The van der Waals surface area contributed by atoms with Gasteiger partial charge >= 0.3 is 5.97 Å². The molecule has 0 unspecified atom stereocenters. The maximum absolute atomic E-state index is 11.5. The second-order valence-electron chi connectivity index (χ2n) is 8.39. The summed E-state index contributed by atoms with van der Waals surface area (Å²) in [7, 11) is 1.41. The molecular formula is C25H33N3O2. The van der Waals surface area contributed by atoms with Crippen LogP contribution in [0.5, 0.6) is 0 Å². The molecule has 1 aromatic carbocycles. The highest BCUT2D eigenvalue weighted by Crippen LogP contribution is 2.32. The summed E-state index contributed by atoms with van der Waals surface area (Å²) in [6.45, 7) is 11.5. The zero-order valence-electron chi connectivity index (χ0n) is 18.1. The van der Waals surface area contributed by atoms with Gasteiger partial charge in [-0.1, -0.05) is 18.6 Å². The van der Waals surface area contributed by atoms with Crippen molar-refractivity contribution >= 4 is 22.9 Å². The van der Waals surface area contributed by atoms with E-state index in [2.05, 4.69) is 39.1 Å². The summed E-state index contributed by atoms with van der Waals surface area (Å²) < 4.78 is 7.29. The topological polar surface area (TPSA) is 37.7 Å². The average molecular weight is 408 g/mol. The number of hydrogen-bond acceptors (Lipinski definition) is 4. The molecule has 1 fully saturated rings. The molecule has 0 saturated carbocycles. The van der Waals surface area contributed by atoms with E-state index in [9.17, 15) is 4.79 Å². The third-order valence-corrected chi connectivity index (χ3v) is 6.45. The van der Waals surface area contributed by atoms with Crippen LogP contribution < -0.4 is 0 Å². The van der Waals surface area contributed by atoms with Crippen molar-refractivity contribution < 1.29 is 9.53 Å². The average Bonchev–Trinajstić information content (AvgIpc) is 3.09. The standard InChI is InChI=1S/C25H33N3O2/c1-3-12-27-15-11-24-22(19-27)21-18-20(8-10-25(29)30-2)7-9-23(21)28(24)17-16-26-13-5-4-6-14-26/h3,7-10,18H,1,4-6,11-17,19H2,2H3/b10-8+. The Morgan fingerprint density at radius 2 is 1.97 bits per heavy atom. The van der Waals surface area contributed by atoms with E-state index >= 15 is 0 Å². The minimum Gasteiger partial charge on any atom is -0.466 e. The molecule has 0 atom stereocenters. The van der Waals surface area contributed by atoms with E-state index in [1.165, 1.54) is 67.7 Å². The molecular weight excluding hydrogens is 374 g/mol. The normalized spacial score (nSPS) is 18.0. The first-order valence-electron chi connectivity index (χ1n) is 11.1. The molecule has 0 spiro atoms. The van der Waals surface area contributed by atoms with Crippen LogP contribution in [-0.2, 0) is 29.0 Å². The number of carbonyl (C=O) groups is 1. The third-order valence-electron chi connectivity index (χ3n) is 6.45. The van der Waals surface area contributed by atoms with Crippen LogP contribution in [0.3, 0.4) is 0 Å². The number of carbonyl (C=O) groups excluding carboxylic acids is 1. The molecule has 1 aromatic heterocycles. The number of rotatable bonds is 7. The summed E-state index contributed by atoms with van der Waals surface area (Å²) in [4.78, 5) is 16.6. The van der Waals surface area contributed by atoms with Crippen molar-refractivity contribution in [3.8, 4) is 0 Å². The van der Waals surface area contributed by atoms with E-state index in [-0.39, 0.29) is 5.97 Å². The number of methoxy groups -OCH3 is 1. The first-order chi connectivity index (χ1) is 14.7. The molecule has 4 rings (SSSR count). The van der Waals surface area contributed by atoms with Crippen molar-refractivity contribution in [2.75, 3.05) is 39.8 Å². The maximum Gasteiger partial charge on any atom is 0.330 e. The largest absolute Gasteiger partial charge is 0.466 e. The van der Waals surface area contributed by atoms with Crippen LogP contribution in [0, 0.1) is 0 Å². The molecule has 30 heavy (non-hydrogen) atoms. The Labute approximate surface area is 179 Å². The molecule has 5 heteroatoms. The van der Waals surface area contributed by atoms with Crippen LogP contribution in [0.4, 0.5) is 0 Å². The van der Waals surface area contributed by atoms with E-state index in [0.717, 1.165) is 44.7 Å². The number of aromatic nitrogens is 1. The monoisotopic (exact) mass is 407 g/mol. The maximum atomic E-state index is 11.5. The summed E-state index contributed by atoms with van der Waals surface area (Å²) >= 11 is 0. The van der Waals surface area contributed by atoms with Crippen molar-refractivity contribution in [3.63, 3.8) is 0 Å². The van der Waals surface area contributed by atoms with Gasteiger partial charge in [-0.15, -0.1) is 6.58 Å². The number of piperidine rings is 1. The second-order valence-corrected chi connectivity index (χ2v) is 8.39. The highest BCUT2D eigenvalue weighted by atomic mass is 16.5. The molecule has 0 bridgehead atoms. The van der Waals surface area contributed by atoms with Crippen molar-refractivity contribution in [2.45, 2.75) is 38.8 Å². The van der Waals surface area contributed by atoms with Gasteiger partial charge in [-0.3, -0.25) is 4.90 Å². The fraction of sp³-hybridized carbons (Fsp3) is 0.480. The first-order valence-corrected chi connectivity index (χ1v) is 11.1. The Morgan fingerprint density at radius 1 is 1.13 bits per heavy atom. The summed E-state index contributed by atoms with van der Waals surface area (Å²) in [5, 5.41) is 1.31. The number of ether oxygens (including phenoxy) is 1. The van der Waals surface area contributed by atoms with Crippen LogP contribution in [0.2, 0.25) is 0 Å². The smallest absolute Gasteiger partial charge is 0.330 e. The first kappa shape index (κ1) is 20.9. The van der Waals surface area contributed by atoms with Gasteiger partial charge in [0.2, 0.25) is 0 Å². The Hall–Kier alpha value is -2.37. The van der Waals surface area contributed by atoms with Crippen LogP contribution in [0.15, 0.2) is 36.9 Å². The van der Waals surface area contributed by atoms with Crippen molar-refractivity contribution in [2.24, 2.45) is 0 Å². The number of nitrogens with zero attached hydrogens (tertiary/aromatic N) is 3. The van der Waals surface area contributed by atoms with E-state index in [0.29, 0.717) is 0 Å². The molecule has 0 aliphatic carbocycles. The molecule has 1 saturated heterocycles. The van der Waals surface area contributed by atoms with Gasteiger partial charge in [-0.2, -0.15) is 0 Å². The van der Waals surface area contributed by atoms with Gasteiger partial charge in [0.25, 0.3) is 0 Å². The molecule has 160 valence electrons. The lowest BCUT2D eigenvalue weighted by Crippen LogP contribution is -2.34. The van der Waals surface area contributed by atoms with Crippen LogP contribution in [0.1, 0.15) is 36.1 Å². The van der Waals surface area contributed by atoms with Crippen LogP contribution >= 0.6 is 0 Å². The molecule has 2 aliphatic heterocycles. The number of likely N-dealkylation sites (tertiary alicyclic amines) is 1. The Bertz CT molecular complexity index is 938. The molecule has 3 heterocycles. The lowest BCUT2D eigenvalue weighted by molar-refractivity contribution is -0.134. The SMILES string of the molecule is C=CCN1CCc2c(c3cc(/C=C/C(=O)OC)ccc3n2CCN2CCCCC2)C1. The number of hydrogen-bond donors (Lipinski definition) is 0. The van der Waals surface area contributed by atoms with Gasteiger partial charge in [0.1, 0.15) is 0 Å². The van der Waals surface area contributed by atoms with Gasteiger partial charge in [-0.25, -0.2) is 4.79 Å². The van der Waals surface area contributed by atoms with Crippen molar-refractivity contribution in [3.05, 3.63) is 53.8 Å². The molecule has 2 aliphatic rings. The van der Waals surface area contributed by atoms with E-state index in [1.807, 2.05) is 12.2 Å². The number of fused-ring (bicyclic) bond motifs is 3. The fourth-order valence-corrected chi connectivity index (χ4v) is 4.88. The summed E-state index contributed by atoms with van der Waals surface area (Å²) in [6.07, 6.45) is 10.4. The van der Waals surface area contributed by atoms with E-state index in [1.54, 1.807) is 0 Å². The molecule has 0 radical (unpaired) electrons. The van der Waals surface area contributed by atoms with Gasteiger partial charge in [-0.05, 0) is 55.3 Å². The predicted molar refractivity (Wildman–Crippen MR) is 122 cm³/mol. The minimum atomic E-state index is -0.326. The molecule has 2 aromatic rings. The zero-order valence-corrected chi connectivity index (χ0v) is 18.1. The molecule has 0 amide bonds. The number of benzene rings is 1. The van der Waals surface area contributed by atoms with E-state index < -0.39 is 0 Å². The highest BCUT2D eigenvalue weighted by molar-refractivity contribution is 5.91. The predicted octanol–water partition coefficient (Wildman–Crippen LogP) is 3.86. The van der Waals surface area contributed by atoms with Crippen molar-refractivity contribution in [1.82, 2.24) is 14.4 Å². The van der Waals surface area contributed by atoms with Gasteiger partial charge in [0.15, 0.2) is 0 Å². The van der Waals surface area contributed by atoms with Crippen LogP contribution in [-0.4, -0.2) is 60.2 Å². The fourth-order valence-electron chi connectivity index (χ4n) is 4.88. The molecule has 0 N–H and O–H groups in total. The Balaban J connectivity index is 1.66. The lowest BCUT2D eigenvalue weighted by atomic mass is 10.0. The van der Waals surface area contributed by atoms with Crippen molar-refractivity contribution in [1.29, 1.82) is 0 Å². The second kappa shape index (κ2) is 9.63. The quantitative estimate of drug-likeness (QED) is 0.397. The summed E-state index contributed by atoms with van der Waals surface area (Å²) in [6, 6.07) is 6.55. The Morgan fingerprint density at radius 3 is 2.73 bits per heavy atom. The summed E-state index contributed by atoms with van der Waals surface area (Å²) in [5.41, 5.74) is 5.26. The van der Waals surface area contributed by atoms with Crippen LogP contribution in [0.25, 0.3) is 17.0 Å². The Kier molecular flexibility index (Phi) is 6.70. The minimum absolute atomic E-state index is 0.326. The third kappa shape index (κ3) is 4.52. The van der Waals surface area contributed by atoms with Gasteiger partial charge in [0, 0.05) is 61.8 Å². The van der Waals surface area contributed by atoms with Gasteiger partial charge in [0.05, 0.1) is 7.11 Å². The number of esters is 1. The lowest BCUT2D eigenvalue weighted by Gasteiger charge is -2.29. The zero-order chi connectivity index (χ0) is 20.9. The molecule has 5 nitrogen and oxygen atoms in total. The van der Waals surface area contributed by atoms with E-state index in [4.69, 9.17) is 4.74 Å². The van der Waals surface area contributed by atoms with Gasteiger partial charge < -0.3 is 14.2 Å².